The molecule has 1 unspecified atom stereocenters. The van der Waals surface area contributed by atoms with E-state index in [-0.39, 0.29) is 0 Å². The zero-order chi connectivity index (χ0) is 20.6. The van der Waals surface area contributed by atoms with E-state index in [4.69, 9.17) is 14.0 Å². The van der Waals surface area contributed by atoms with Gasteiger partial charge in [-0.1, -0.05) is 6.07 Å². The summed E-state index contributed by atoms with van der Waals surface area (Å²) in [4.78, 5) is 40.4. The number of imide groups is 1. The van der Waals surface area contributed by atoms with Gasteiger partial charge in [0.15, 0.2) is 0 Å². The molecule has 2 rings (SSSR count). The predicted octanol–water partition coefficient (Wildman–Crippen LogP) is 1.34. The lowest BCUT2D eigenvalue weighted by Gasteiger charge is -2.32. The molecule has 0 bridgehead atoms. The monoisotopic (exact) mass is 376 g/mol. The van der Waals surface area contributed by atoms with Crippen molar-refractivity contribution >= 4 is 30.4 Å². The molecule has 0 saturated carbocycles. The SMILES string of the molecule is CC(=O)OC(c1cncc(B2OC(C)(C)C(C)(C)O2)c1)N(C(C)=O)C(C)=O. The third kappa shape index (κ3) is 4.36. The highest BCUT2D eigenvalue weighted by atomic mass is 16.7. The Morgan fingerprint density at radius 1 is 1.04 bits per heavy atom. The van der Waals surface area contributed by atoms with Crippen molar-refractivity contribution in [1.82, 2.24) is 9.88 Å². The van der Waals surface area contributed by atoms with Gasteiger partial charge in [-0.2, -0.15) is 0 Å². The Bertz CT molecular complexity index is 734. The number of aromatic nitrogens is 1. The third-order valence-corrected chi connectivity index (χ3v) is 4.78. The van der Waals surface area contributed by atoms with Crippen LogP contribution in [0.1, 0.15) is 60.3 Å². The van der Waals surface area contributed by atoms with Crippen LogP contribution in [0.15, 0.2) is 18.5 Å². The molecular weight excluding hydrogens is 351 g/mol. The lowest BCUT2D eigenvalue weighted by molar-refractivity contribution is -0.168. The van der Waals surface area contributed by atoms with Crippen LogP contribution in [-0.4, -0.2) is 46.0 Å². The second-order valence-corrected chi connectivity index (χ2v) is 7.51. The molecule has 8 nitrogen and oxygen atoms in total. The standard InChI is InChI=1S/C18H25BN2O6/c1-11(22)21(12(2)23)16(25-13(3)24)14-8-15(10-20-9-14)19-26-17(4,5)18(6,7)27-19/h8-10,16H,1-7H3. The fraction of sp³-hybridized carbons (Fsp3) is 0.556. The summed E-state index contributed by atoms with van der Waals surface area (Å²) in [6, 6.07) is 1.65. The summed E-state index contributed by atoms with van der Waals surface area (Å²) in [7, 11) is -0.677. The van der Waals surface area contributed by atoms with Crippen LogP contribution < -0.4 is 5.46 Å². The summed E-state index contributed by atoms with van der Waals surface area (Å²) in [5.41, 5.74) is -0.111. The molecule has 1 aromatic rings. The first-order valence-corrected chi connectivity index (χ1v) is 8.64. The normalized spacial score (nSPS) is 18.7. The van der Waals surface area contributed by atoms with Crippen molar-refractivity contribution in [2.45, 2.75) is 65.9 Å². The smallest absolute Gasteiger partial charge is 0.437 e. The Hall–Kier alpha value is -2.26. The highest BCUT2D eigenvalue weighted by molar-refractivity contribution is 6.62. The van der Waals surface area contributed by atoms with Crippen molar-refractivity contribution in [1.29, 1.82) is 0 Å². The number of nitrogens with zero attached hydrogens (tertiary/aromatic N) is 2. The van der Waals surface area contributed by atoms with Gasteiger partial charge in [-0.05, 0) is 27.7 Å². The molecule has 1 saturated heterocycles. The molecule has 146 valence electrons. The van der Waals surface area contributed by atoms with E-state index in [0.717, 1.165) is 4.90 Å². The zero-order valence-electron chi connectivity index (χ0n) is 16.7. The molecule has 9 heteroatoms. The highest BCUT2D eigenvalue weighted by Crippen LogP contribution is 2.36. The summed E-state index contributed by atoms with van der Waals surface area (Å²) in [5, 5.41) is 0. The molecule has 0 radical (unpaired) electrons. The number of carbonyl (C=O) groups is 3. The highest BCUT2D eigenvalue weighted by Gasteiger charge is 2.52. The van der Waals surface area contributed by atoms with Gasteiger partial charge in [0, 0.05) is 44.2 Å². The maximum absolute atomic E-state index is 11.9. The Labute approximate surface area is 159 Å². The minimum absolute atomic E-state index is 0.364. The summed E-state index contributed by atoms with van der Waals surface area (Å²) in [5.74, 6) is -1.72. The Morgan fingerprint density at radius 3 is 2.00 bits per heavy atom. The van der Waals surface area contributed by atoms with Gasteiger partial charge in [-0.3, -0.25) is 19.4 Å². The van der Waals surface area contributed by atoms with Crippen LogP contribution in [0.25, 0.3) is 0 Å². The van der Waals surface area contributed by atoms with Crippen molar-refractivity contribution < 1.29 is 28.4 Å². The summed E-state index contributed by atoms with van der Waals surface area (Å²) in [6.45, 7) is 11.4. The maximum atomic E-state index is 11.9. The van der Waals surface area contributed by atoms with Crippen molar-refractivity contribution in [3.8, 4) is 0 Å². The molecule has 0 aliphatic carbocycles. The van der Waals surface area contributed by atoms with E-state index >= 15 is 0 Å². The third-order valence-electron chi connectivity index (χ3n) is 4.78. The molecule has 0 spiro atoms. The quantitative estimate of drug-likeness (QED) is 0.445. The predicted molar refractivity (Wildman–Crippen MR) is 97.7 cm³/mol. The first-order chi connectivity index (χ1) is 12.4. The van der Waals surface area contributed by atoms with Crippen LogP contribution in [0.5, 0.6) is 0 Å². The van der Waals surface area contributed by atoms with Crippen molar-refractivity contribution in [2.75, 3.05) is 0 Å². The Balaban J connectivity index is 2.42. The minimum atomic E-state index is -1.22. The van der Waals surface area contributed by atoms with Crippen LogP contribution in [0.4, 0.5) is 0 Å². The summed E-state index contributed by atoms with van der Waals surface area (Å²) in [6.07, 6.45) is 1.79. The number of hydrogen-bond donors (Lipinski definition) is 0. The van der Waals surface area contributed by atoms with Gasteiger partial charge in [0.1, 0.15) is 0 Å². The van der Waals surface area contributed by atoms with Gasteiger partial charge < -0.3 is 14.0 Å². The molecular formula is C18H25BN2O6. The van der Waals surface area contributed by atoms with Gasteiger partial charge in [0.25, 0.3) is 0 Å². The van der Waals surface area contributed by atoms with Gasteiger partial charge >= 0.3 is 13.1 Å². The number of pyridine rings is 1. The number of hydrogen-bond acceptors (Lipinski definition) is 7. The number of rotatable bonds is 4. The fourth-order valence-corrected chi connectivity index (χ4v) is 2.70. The summed E-state index contributed by atoms with van der Waals surface area (Å²) < 4.78 is 17.3. The lowest BCUT2D eigenvalue weighted by atomic mass is 9.79. The van der Waals surface area contributed by atoms with Gasteiger partial charge in [-0.25, -0.2) is 4.90 Å². The van der Waals surface area contributed by atoms with Crippen molar-refractivity contribution in [2.24, 2.45) is 0 Å². The van der Waals surface area contributed by atoms with Crippen LogP contribution in [0.3, 0.4) is 0 Å². The van der Waals surface area contributed by atoms with E-state index in [1.54, 1.807) is 12.3 Å². The van der Waals surface area contributed by atoms with Gasteiger partial charge in [0.05, 0.1) is 11.2 Å². The topological polar surface area (TPSA) is 95.0 Å². The first kappa shape index (κ1) is 21.0. The number of amides is 2. The van der Waals surface area contributed by atoms with E-state index in [1.807, 2.05) is 27.7 Å². The van der Waals surface area contributed by atoms with Crippen LogP contribution in [-0.2, 0) is 28.4 Å². The molecule has 0 N–H and O–H groups in total. The van der Waals surface area contributed by atoms with Crippen LogP contribution in [0, 0.1) is 0 Å². The van der Waals surface area contributed by atoms with Crippen LogP contribution >= 0.6 is 0 Å². The zero-order valence-corrected chi connectivity index (χ0v) is 16.7. The average molecular weight is 376 g/mol. The van der Waals surface area contributed by atoms with Crippen molar-refractivity contribution in [3.05, 3.63) is 24.0 Å². The molecule has 2 amide bonds. The van der Waals surface area contributed by atoms with E-state index in [2.05, 4.69) is 4.98 Å². The second-order valence-electron chi connectivity index (χ2n) is 7.51. The van der Waals surface area contributed by atoms with Gasteiger partial charge in [-0.15, -0.1) is 0 Å². The first-order valence-electron chi connectivity index (χ1n) is 8.64. The Kier molecular flexibility index (Phi) is 5.77. The average Bonchev–Trinajstić information content (AvgIpc) is 2.74. The van der Waals surface area contributed by atoms with E-state index in [9.17, 15) is 14.4 Å². The molecule has 1 atom stereocenters. The maximum Gasteiger partial charge on any atom is 0.496 e. The molecule has 0 aromatic carbocycles. The lowest BCUT2D eigenvalue weighted by Crippen LogP contribution is -2.41. The fourth-order valence-electron chi connectivity index (χ4n) is 2.70. The molecule has 2 heterocycles. The number of ether oxygens (including phenoxy) is 1. The molecule has 1 aliphatic heterocycles. The van der Waals surface area contributed by atoms with E-state index < -0.39 is 42.3 Å². The van der Waals surface area contributed by atoms with Crippen molar-refractivity contribution in [3.63, 3.8) is 0 Å². The van der Waals surface area contributed by atoms with Crippen LogP contribution in [0.2, 0.25) is 0 Å². The molecule has 27 heavy (non-hydrogen) atoms. The molecule has 1 aliphatic rings. The van der Waals surface area contributed by atoms with E-state index in [0.29, 0.717) is 11.0 Å². The largest absolute Gasteiger partial charge is 0.496 e. The Morgan fingerprint density at radius 2 is 1.56 bits per heavy atom. The number of esters is 1. The summed E-state index contributed by atoms with van der Waals surface area (Å²) >= 11 is 0. The second kappa shape index (κ2) is 7.40. The molecule has 1 aromatic heterocycles. The minimum Gasteiger partial charge on any atom is -0.437 e. The molecule has 1 fully saturated rings. The van der Waals surface area contributed by atoms with E-state index in [1.165, 1.54) is 27.0 Å². The number of carbonyl (C=O) groups excluding carboxylic acids is 3. The van der Waals surface area contributed by atoms with Gasteiger partial charge in [0.2, 0.25) is 18.0 Å².